The second kappa shape index (κ2) is 5.88. The van der Waals surface area contributed by atoms with Gasteiger partial charge in [-0.3, -0.25) is 9.88 Å². The molecule has 8 heteroatoms. The molecule has 1 unspecified atom stereocenters. The monoisotopic (exact) mass is 303 g/mol. The van der Waals surface area contributed by atoms with Gasteiger partial charge < -0.3 is 10.0 Å². The zero-order valence-corrected chi connectivity index (χ0v) is 11.5. The Morgan fingerprint density at radius 2 is 2.19 bits per heavy atom. The van der Waals surface area contributed by atoms with Gasteiger partial charge >= 0.3 is 12.3 Å². The molecule has 21 heavy (non-hydrogen) atoms. The summed E-state index contributed by atoms with van der Waals surface area (Å²) in [6, 6.07) is 0.717. The maximum Gasteiger partial charge on any atom is 0.416 e. The molecule has 1 N–H and O–H groups in total. The van der Waals surface area contributed by atoms with Crippen LogP contribution in [0.5, 0.6) is 0 Å². The standard InChI is InChI=1S/C13H16F3N3O2/c1-9-7-18(4-5-19(9)12(20)21)8-10-6-17-3-2-11(10)13(14,15)16/h2-3,6,9H,4-5,7-8H2,1H3,(H,20,21). The molecule has 0 aromatic carbocycles. The molecule has 1 saturated heterocycles. The predicted molar refractivity (Wildman–Crippen MR) is 68.7 cm³/mol. The number of rotatable bonds is 2. The van der Waals surface area contributed by atoms with Crippen molar-refractivity contribution in [2.45, 2.75) is 25.7 Å². The van der Waals surface area contributed by atoms with Crippen molar-refractivity contribution in [1.82, 2.24) is 14.8 Å². The lowest BCUT2D eigenvalue weighted by Crippen LogP contribution is -2.53. The van der Waals surface area contributed by atoms with Crippen molar-refractivity contribution in [2.24, 2.45) is 0 Å². The number of amides is 1. The fourth-order valence-corrected chi connectivity index (χ4v) is 2.53. The van der Waals surface area contributed by atoms with Gasteiger partial charge in [-0.1, -0.05) is 0 Å². The molecule has 1 aliphatic heterocycles. The van der Waals surface area contributed by atoms with Gasteiger partial charge in [0.05, 0.1) is 5.56 Å². The average Bonchev–Trinajstić information content (AvgIpc) is 2.37. The van der Waals surface area contributed by atoms with E-state index < -0.39 is 17.8 Å². The summed E-state index contributed by atoms with van der Waals surface area (Å²) in [6.45, 7) is 2.95. The summed E-state index contributed by atoms with van der Waals surface area (Å²) in [5, 5.41) is 8.98. The summed E-state index contributed by atoms with van der Waals surface area (Å²) in [5.74, 6) is 0. The molecular weight excluding hydrogens is 287 g/mol. The highest BCUT2D eigenvalue weighted by Gasteiger charge is 2.34. The number of nitrogens with zero attached hydrogens (tertiary/aromatic N) is 3. The molecule has 2 heterocycles. The molecule has 0 radical (unpaired) electrons. The lowest BCUT2D eigenvalue weighted by molar-refractivity contribution is -0.138. The Morgan fingerprint density at radius 3 is 2.76 bits per heavy atom. The average molecular weight is 303 g/mol. The minimum Gasteiger partial charge on any atom is -0.465 e. The van der Waals surface area contributed by atoms with E-state index in [1.165, 1.54) is 11.1 Å². The van der Waals surface area contributed by atoms with Crippen molar-refractivity contribution in [3.8, 4) is 0 Å². The van der Waals surface area contributed by atoms with Gasteiger partial charge in [-0.05, 0) is 18.6 Å². The number of hydrogen-bond acceptors (Lipinski definition) is 3. The summed E-state index contributed by atoms with van der Waals surface area (Å²) in [4.78, 5) is 17.8. The maximum absolute atomic E-state index is 12.9. The number of alkyl halides is 3. The van der Waals surface area contributed by atoms with Crippen LogP contribution in [0.1, 0.15) is 18.1 Å². The quantitative estimate of drug-likeness (QED) is 0.910. The van der Waals surface area contributed by atoms with E-state index in [1.807, 2.05) is 4.90 Å². The Bertz CT molecular complexity index is 522. The molecule has 1 aliphatic rings. The molecule has 5 nitrogen and oxygen atoms in total. The molecule has 1 aromatic rings. The van der Waals surface area contributed by atoms with Crippen molar-refractivity contribution < 1.29 is 23.1 Å². The van der Waals surface area contributed by atoms with E-state index in [0.717, 1.165) is 12.3 Å². The Labute approximate surface area is 120 Å². The van der Waals surface area contributed by atoms with Crippen LogP contribution < -0.4 is 0 Å². The van der Waals surface area contributed by atoms with Crippen LogP contribution in [0.3, 0.4) is 0 Å². The molecule has 1 atom stereocenters. The van der Waals surface area contributed by atoms with Crippen molar-refractivity contribution in [2.75, 3.05) is 19.6 Å². The van der Waals surface area contributed by atoms with Gasteiger partial charge in [-0.2, -0.15) is 13.2 Å². The summed E-state index contributed by atoms with van der Waals surface area (Å²) in [6.07, 6.45) is -3.07. The van der Waals surface area contributed by atoms with Gasteiger partial charge in [0.2, 0.25) is 0 Å². The zero-order valence-electron chi connectivity index (χ0n) is 11.5. The Hall–Kier alpha value is -1.83. The van der Waals surface area contributed by atoms with Crippen molar-refractivity contribution in [1.29, 1.82) is 0 Å². The zero-order chi connectivity index (χ0) is 15.6. The number of carboxylic acid groups (broad SMARTS) is 1. The van der Waals surface area contributed by atoms with Crippen LogP contribution in [0, 0.1) is 0 Å². The highest BCUT2D eigenvalue weighted by atomic mass is 19.4. The van der Waals surface area contributed by atoms with Crippen LogP contribution in [-0.2, 0) is 12.7 Å². The van der Waals surface area contributed by atoms with Crippen LogP contribution in [-0.4, -0.2) is 51.7 Å². The molecule has 0 saturated carbocycles. The summed E-state index contributed by atoms with van der Waals surface area (Å²) in [5.41, 5.74) is -0.577. The Kier molecular flexibility index (Phi) is 4.36. The van der Waals surface area contributed by atoms with E-state index in [1.54, 1.807) is 6.92 Å². The molecule has 1 fully saturated rings. The van der Waals surface area contributed by atoms with Crippen LogP contribution in [0.4, 0.5) is 18.0 Å². The molecule has 0 spiro atoms. The molecule has 1 amide bonds. The Balaban J connectivity index is 2.09. The van der Waals surface area contributed by atoms with E-state index in [0.29, 0.717) is 13.1 Å². The van der Waals surface area contributed by atoms with E-state index in [4.69, 9.17) is 5.11 Å². The second-order valence-electron chi connectivity index (χ2n) is 5.09. The highest BCUT2D eigenvalue weighted by molar-refractivity contribution is 5.65. The smallest absolute Gasteiger partial charge is 0.416 e. The number of aromatic nitrogens is 1. The number of halogens is 3. The largest absolute Gasteiger partial charge is 0.465 e. The van der Waals surface area contributed by atoms with Crippen molar-refractivity contribution >= 4 is 6.09 Å². The first-order chi connectivity index (χ1) is 9.79. The van der Waals surface area contributed by atoms with Gasteiger partial charge in [0.1, 0.15) is 0 Å². The third-order valence-electron chi connectivity index (χ3n) is 3.56. The molecular formula is C13H16F3N3O2. The highest BCUT2D eigenvalue weighted by Crippen LogP contribution is 2.32. The van der Waals surface area contributed by atoms with Crippen molar-refractivity contribution in [3.63, 3.8) is 0 Å². The molecule has 0 bridgehead atoms. The Morgan fingerprint density at radius 1 is 1.48 bits per heavy atom. The molecule has 2 rings (SSSR count). The first-order valence-electron chi connectivity index (χ1n) is 6.51. The summed E-state index contributed by atoms with van der Waals surface area (Å²) < 4.78 is 38.7. The van der Waals surface area contributed by atoms with E-state index in [2.05, 4.69) is 4.98 Å². The summed E-state index contributed by atoms with van der Waals surface area (Å²) in [7, 11) is 0. The van der Waals surface area contributed by atoms with Gasteiger partial charge in [-0.25, -0.2) is 4.79 Å². The fourth-order valence-electron chi connectivity index (χ4n) is 2.53. The number of pyridine rings is 1. The summed E-state index contributed by atoms with van der Waals surface area (Å²) >= 11 is 0. The van der Waals surface area contributed by atoms with E-state index in [9.17, 15) is 18.0 Å². The van der Waals surface area contributed by atoms with Gasteiger partial charge in [0.25, 0.3) is 0 Å². The first-order valence-corrected chi connectivity index (χ1v) is 6.51. The maximum atomic E-state index is 12.9. The van der Waals surface area contributed by atoms with E-state index in [-0.39, 0.29) is 24.7 Å². The number of hydrogen-bond donors (Lipinski definition) is 1. The fraction of sp³-hybridized carbons (Fsp3) is 0.538. The van der Waals surface area contributed by atoms with Crippen LogP contribution >= 0.6 is 0 Å². The minimum atomic E-state index is -4.41. The number of piperazine rings is 1. The topological polar surface area (TPSA) is 56.7 Å². The van der Waals surface area contributed by atoms with Gasteiger partial charge in [-0.15, -0.1) is 0 Å². The molecule has 0 aliphatic carbocycles. The second-order valence-corrected chi connectivity index (χ2v) is 5.09. The number of carbonyl (C=O) groups is 1. The van der Waals surface area contributed by atoms with Crippen molar-refractivity contribution in [3.05, 3.63) is 29.6 Å². The van der Waals surface area contributed by atoms with Gasteiger partial charge in [0.15, 0.2) is 0 Å². The normalized spacial score (nSPS) is 20.6. The first kappa shape index (κ1) is 15.6. The van der Waals surface area contributed by atoms with Crippen LogP contribution in [0.15, 0.2) is 18.5 Å². The SMILES string of the molecule is CC1CN(Cc2cnccc2C(F)(F)F)CCN1C(=O)O. The third-order valence-corrected chi connectivity index (χ3v) is 3.56. The van der Waals surface area contributed by atoms with Crippen LogP contribution in [0.2, 0.25) is 0 Å². The van der Waals surface area contributed by atoms with E-state index >= 15 is 0 Å². The predicted octanol–water partition coefficient (Wildman–Crippen LogP) is 2.28. The molecule has 116 valence electrons. The minimum absolute atomic E-state index is 0.112. The van der Waals surface area contributed by atoms with Gasteiger partial charge in [0, 0.05) is 44.6 Å². The molecule has 1 aromatic heterocycles. The lowest BCUT2D eigenvalue weighted by Gasteiger charge is -2.38. The lowest BCUT2D eigenvalue weighted by atomic mass is 10.1. The third kappa shape index (κ3) is 3.63. The van der Waals surface area contributed by atoms with Crippen LogP contribution in [0.25, 0.3) is 0 Å².